The second-order valence-electron chi connectivity index (χ2n) is 8.78. The first-order chi connectivity index (χ1) is 16.1. The van der Waals surface area contributed by atoms with Crippen molar-refractivity contribution in [3.8, 4) is 11.3 Å². The van der Waals surface area contributed by atoms with Gasteiger partial charge in [-0.15, -0.1) is 11.3 Å². The van der Waals surface area contributed by atoms with Crippen LogP contribution >= 0.6 is 11.3 Å². The van der Waals surface area contributed by atoms with E-state index in [1.807, 2.05) is 46.5 Å². The second kappa shape index (κ2) is 9.41. The number of benzene rings is 1. The number of rotatable bonds is 6. The van der Waals surface area contributed by atoms with Gasteiger partial charge < -0.3 is 0 Å². The number of likely N-dealkylation sites (tertiary alicyclic amines) is 1. The number of amides is 1. The molecular weight excluding hydrogens is 432 g/mol. The lowest BCUT2D eigenvalue weighted by molar-refractivity contribution is 0.102. The highest BCUT2D eigenvalue weighted by molar-refractivity contribution is 7.14. The van der Waals surface area contributed by atoms with Crippen molar-refractivity contribution in [2.45, 2.75) is 45.7 Å². The molecule has 1 saturated heterocycles. The van der Waals surface area contributed by atoms with Gasteiger partial charge in [-0.2, -0.15) is 5.10 Å². The Morgan fingerprint density at radius 3 is 2.67 bits per heavy atom. The van der Waals surface area contributed by atoms with Gasteiger partial charge in [0.25, 0.3) is 5.91 Å². The average Bonchev–Trinajstić information content (AvgIpc) is 3.46. The van der Waals surface area contributed by atoms with E-state index in [-0.39, 0.29) is 11.9 Å². The summed E-state index contributed by atoms with van der Waals surface area (Å²) in [5.74, 6) is -0.193. The molecule has 4 heterocycles. The summed E-state index contributed by atoms with van der Waals surface area (Å²) >= 11 is 1.47. The number of fused-ring (bicyclic) bond motifs is 1. The summed E-state index contributed by atoms with van der Waals surface area (Å²) in [7, 11) is 0. The first-order valence-electron chi connectivity index (χ1n) is 11.5. The van der Waals surface area contributed by atoms with E-state index in [9.17, 15) is 4.79 Å². The summed E-state index contributed by atoms with van der Waals surface area (Å²) in [5, 5.41) is 10.9. The number of hydrogen-bond donors (Lipinski definition) is 1. The largest absolute Gasteiger partial charge is 0.298 e. The van der Waals surface area contributed by atoms with Crippen molar-refractivity contribution in [2.75, 3.05) is 18.4 Å². The van der Waals surface area contributed by atoms with Gasteiger partial charge in [-0.3, -0.25) is 15.0 Å². The van der Waals surface area contributed by atoms with Gasteiger partial charge in [0, 0.05) is 23.5 Å². The summed E-state index contributed by atoms with van der Waals surface area (Å²) in [4.78, 5) is 25.3. The maximum atomic E-state index is 13.4. The van der Waals surface area contributed by atoms with Crippen LogP contribution in [-0.4, -0.2) is 43.6 Å². The molecular formula is C25H28N6OS. The van der Waals surface area contributed by atoms with Crippen molar-refractivity contribution in [2.24, 2.45) is 0 Å². The van der Waals surface area contributed by atoms with E-state index in [2.05, 4.69) is 34.1 Å². The van der Waals surface area contributed by atoms with Gasteiger partial charge in [-0.05, 0) is 45.8 Å². The summed E-state index contributed by atoms with van der Waals surface area (Å²) in [5.41, 5.74) is 3.98. The van der Waals surface area contributed by atoms with Crippen molar-refractivity contribution in [1.29, 1.82) is 0 Å². The third-order valence-electron chi connectivity index (χ3n) is 5.98. The molecule has 1 aliphatic rings. The Labute approximate surface area is 197 Å². The number of carbonyl (C=O) groups excluding carboxylic acids is 1. The Morgan fingerprint density at radius 2 is 1.91 bits per heavy atom. The van der Waals surface area contributed by atoms with Crippen LogP contribution in [0.25, 0.3) is 22.3 Å². The Bertz CT molecular complexity index is 1260. The fraction of sp³-hybridized carbons (Fsp3) is 0.360. The molecule has 0 aliphatic carbocycles. The van der Waals surface area contributed by atoms with E-state index < -0.39 is 0 Å². The van der Waals surface area contributed by atoms with Crippen molar-refractivity contribution in [3.63, 3.8) is 0 Å². The molecule has 1 fully saturated rings. The smallest absolute Gasteiger partial charge is 0.258 e. The van der Waals surface area contributed by atoms with Crippen LogP contribution in [0.4, 0.5) is 5.13 Å². The third-order valence-corrected chi connectivity index (χ3v) is 6.78. The Kier molecular flexibility index (Phi) is 6.20. The fourth-order valence-corrected chi connectivity index (χ4v) is 4.99. The van der Waals surface area contributed by atoms with Gasteiger partial charge in [0.15, 0.2) is 10.8 Å². The molecule has 7 nitrogen and oxygen atoms in total. The molecule has 33 heavy (non-hydrogen) atoms. The molecule has 3 aromatic heterocycles. The van der Waals surface area contributed by atoms with E-state index >= 15 is 0 Å². The summed E-state index contributed by atoms with van der Waals surface area (Å²) in [6.45, 7) is 7.20. The number of thiazole rings is 1. The second-order valence-corrected chi connectivity index (χ2v) is 9.63. The van der Waals surface area contributed by atoms with Crippen LogP contribution in [0, 0.1) is 0 Å². The molecule has 0 radical (unpaired) electrons. The topological polar surface area (TPSA) is 75.9 Å². The lowest BCUT2D eigenvalue weighted by Gasteiger charge is -2.25. The Hall–Kier alpha value is -3.10. The van der Waals surface area contributed by atoms with E-state index in [4.69, 9.17) is 4.98 Å². The maximum Gasteiger partial charge on any atom is 0.258 e. The molecule has 0 unspecified atom stereocenters. The Balaban J connectivity index is 1.44. The van der Waals surface area contributed by atoms with Crippen LogP contribution in [0.15, 0.2) is 48.0 Å². The van der Waals surface area contributed by atoms with Crippen molar-refractivity contribution >= 4 is 33.4 Å². The molecule has 1 aromatic carbocycles. The molecule has 8 heteroatoms. The zero-order valence-electron chi connectivity index (χ0n) is 19.0. The van der Waals surface area contributed by atoms with Crippen LogP contribution in [0.5, 0.6) is 0 Å². The predicted molar refractivity (Wildman–Crippen MR) is 133 cm³/mol. The van der Waals surface area contributed by atoms with Crippen LogP contribution in [0.1, 0.15) is 55.2 Å². The fourth-order valence-electron chi connectivity index (χ4n) is 4.29. The number of anilines is 1. The SMILES string of the molecule is CC(C)n1ncc2c(C(=O)Nc3nc(CN4CCCCC4)cs3)cc(-c3ccccc3)nc21. The van der Waals surface area contributed by atoms with Crippen molar-refractivity contribution < 1.29 is 4.79 Å². The number of nitrogens with one attached hydrogen (secondary N) is 1. The van der Waals surface area contributed by atoms with E-state index in [0.29, 0.717) is 16.3 Å². The lowest BCUT2D eigenvalue weighted by Crippen LogP contribution is -2.29. The third kappa shape index (κ3) is 4.67. The van der Waals surface area contributed by atoms with Crippen LogP contribution in [-0.2, 0) is 6.54 Å². The van der Waals surface area contributed by atoms with Crippen molar-refractivity contribution in [1.82, 2.24) is 24.6 Å². The lowest BCUT2D eigenvalue weighted by atomic mass is 10.1. The number of nitrogens with zero attached hydrogens (tertiary/aromatic N) is 5. The first kappa shape index (κ1) is 21.7. The number of pyridine rings is 1. The number of carbonyl (C=O) groups is 1. The molecule has 0 bridgehead atoms. The number of aromatic nitrogens is 4. The molecule has 1 N–H and O–H groups in total. The average molecular weight is 461 g/mol. The summed E-state index contributed by atoms with van der Waals surface area (Å²) in [6.07, 6.45) is 5.54. The molecule has 1 aliphatic heterocycles. The molecule has 0 spiro atoms. The van der Waals surface area contributed by atoms with Crippen LogP contribution in [0.2, 0.25) is 0 Å². The quantitative estimate of drug-likeness (QED) is 0.418. The highest BCUT2D eigenvalue weighted by atomic mass is 32.1. The molecule has 4 aromatic rings. The van der Waals surface area contributed by atoms with E-state index in [0.717, 1.165) is 42.0 Å². The highest BCUT2D eigenvalue weighted by Gasteiger charge is 2.20. The zero-order chi connectivity index (χ0) is 22.8. The zero-order valence-corrected chi connectivity index (χ0v) is 19.8. The van der Waals surface area contributed by atoms with Gasteiger partial charge in [0.1, 0.15) is 0 Å². The van der Waals surface area contributed by atoms with Gasteiger partial charge in [-0.25, -0.2) is 14.6 Å². The number of piperidine rings is 1. The molecule has 1 amide bonds. The number of hydrogen-bond acceptors (Lipinski definition) is 6. The van der Waals surface area contributed by atoms with Crippen molar-refractivity contribution in [3.05, 3.63) is 59.2 Å². The normalized spacial score (nSPS) is 14.8. The summed E-state index contributed by atoms with van der Waals surface area (Å²) in [6, 6.07) is 11.9. The Morgan fingerprint density at radius 1 is 1.12 bits per heavy atom. The van der Waals surface area contributed by atoms with Crippen LogP contribution < -0.4 is 5.32 Å². The first-order valence-corrected chi connectivity index (χ1v) is 12.4. The predicted octanol–water partition coefficient (Wildman–Crippen LogP) is 5.37. The van der Waals surface area contributed by atoms with Gasteiger partial charge in [0.2, 0.25) is 0 Å². The standard InChI is InChI=1S/C25H28N6OS/c1-17(2)31-23-21(14-26-31)20(13-22(28-23)18-9-5-3-6-10-18)24(32)29-25-27-19(16-33-25)15-30-11-7-4-8-12-30/h3,5-6,9-10,13-14,16-17H,4,7-8,11-12,15H2,1-2H3,(H,27,29,32). The van der Waals surface area contributed by atoms with E-state index in [1.54, 1.807) is 6.20 Å². The van der Waals surface area contributed by atoms with Gasteiger partial charge in [0.05, 0.1) is 28.5 Å². The minimum absolute atomic E-state index is 0.133. The maximum absolute atomic E-state index is 13.4. The van der Waals surface area contributed by atoms with E-state index in [1.165, 1.54) is 30.6 Å². The minimum Gasteiger partial charge on any atom is -0.298 e. The molecule has 5 rings (SSSR count). The van der Waals surface area contributed by atoms with Crippen LogP contribution in [0.3, 0.4) is 0 Å². The summed E-state index contributed by atoms with van der Waals surface area (Å²) < 4.78 is 1.86. The van der Waals surface area contributed by atoms with Gasteiger partial charge >= 0.3 is 0 Å². The highest BCUT2D eigenvalue weighted by Crippen LogP contribution is 2.27. The molecule has 0 atom stereocenters. The van der Waals surface area contributed by atoms with Gasteiger partial charge in [-0.1, -0.05) is 36.8 Å². The minimum atomic E-state index is -0.193. The monoisotopic (exact) mass is 460 g/mol. The molecule has 170 valence electrons. The molecule has 0 saturated carbocycles.